The highest BCUT2D eigenvalue weighted by Crippen LogP contribution is 2.26. The van der Waals surface area contributed by atoms with Crippen molar-refractivity contribution in [3.8, 4) is 22.5 Å². The zero-order valence-electron chi connectivity index (χ0n) is 20.3. The highest BCUT2D eigenvalue weighted by molar-refractivity contribution is 7.14. The van der Waals surface area contributed by atoms with Crippen molar-refractivity contribution in [1.29, 1.82) is 0 Å². The Kier molecular flexibility index (Phi) is 9.71. The first kappa shape index (κ1) is 27.1. The lowest BCUT2D eigenvalue weighted by Crippen LogP contribution is -2.30. The highest BCUT2D eigenvalue weighted by atomic mass is 32.1. The quantitative estimate of drug-likeness (QED) is 0.154. The van der Waals surface area contributed by atoms with Crippen molar-refractivity contribution in [3.05, 3.63) is 70.9 Å². The number of aromatic nitrogens is 2. The van der Waals surface area contributed by atoms with Gasteiger partial charge in [-0.05, 0) is 61.4 Å². The Balaban J connectivity index is 1.04. The van der Waals surface area contributed by atoms with Crippen LogP contribution >= 0.6 is 22.7 Å². The maximum Gasteiger partial charge on any atom is 0.321 e. The fourth-order valence-corrected chi connectivity index (χ4v) is 4.89. The lowest BCUT2D eigenvalue weighted by molar-refractivity contribution is 0.250. The number of carbonyl (C=O) groups is 2. The van der Waals surface area contributed by atoms with Crippen LogP contribution < -0.4 is 21.3 Å². The third-order valence-corrected chi connectivity index (χ3v) is 6.92. The molecule has 0 saturated heterocycles. The third-order valence-electron chi connectivity index (χ3n) is 5.40. The van der Waals surface area contributed by atoms with Crippen LogP contribution in [0.25, 0.3) is 22.5 Å². The largest absolute Gasteiger partial charge is 0.338 e. The molecule has 0 aliphatic heterocycles. The van der Waals surface area contributed by atoms with E-state index in [1.54, 1.807) is 35.0 Å². The summed E-state index contributed by atoms with van der Waals surface area (Å²) in [5.74, 6) is -0.622. The van der Waals surface area contributed by atoms with Crippen molar-refractivity contribution in [2.45, 2.75) is 25.7 Å². The molecule has 0 aliphatic carbocycles. The lowest BCUT2D eigenvalue weighted by atomic mass is 10.2. The van der Waals surface area contributed by atoms with Crippen LogP contribution in [0.1, 0.15) is 25.7 Å². The van der Waals surface area contributed by atoms with Gasteiger partial charge >= 0.3 is 12.1 Å². The normalized spacial score (nSPS) is 10.7. The minimum atomic E-state index is -0.326. The van der Waals surface area contributed by atoms with E-state index in [-0.39, 0.29) is 23.7 Å². The molecule has 4 amide bonds. The Morgan fingerprint density at radius 2 is 1.03 bits per heavy atom. The summed E-state index contributed by atoms with van der Waals surface area (Å²) in [4.78, 5) is 32.9. The Hall–Kier alpha value is -3.90. The van der Waals surface area contributed by atoms with E-state index in [1.165, 1.54) is 46.9 Å². The molecule has 2 aromatic heterocycles. The lowest BCUT2D eigenvalue weighted by Gasteiger charge is -2.07. The number of amides is 4. The number of anilines is 2. The summed E-state index contributed by atoms with van der Waals surface area (Å²) in [6, 6.07) is 11.4. The molecule has 0 aliphatic rings. The van der Waals surface area contributed by atoms with Crippen molar-refractivity contribution in [2.75, 3.05) is 23.7 Å². The Labute approximate surface area is 226 Å². The fourth-order valence-electron chi connectivity index (χ4n) is 3.46. The molecule has 0 unspecified atom stereocenters. The van der Waals surface area contributed by atoms with Gasteiger partial charge < -0.3 is 10.6 Å². The second-order valence-corrected chi connectivity index (χ2v) is 9.98. The van der Waals surface area contributed by atoms with Crippen LogP contribution in [0.2, 0.25) is 0 Å². The summed E-state index contributed by atoms with van der Waals surface area (Å²) >= 11 is 2.60. The van der Waals surface area contributed by atoms with Gasteiger partial charge in [0.25, 0.3) is 0 Å². The van der Waals surface area contributed by atoms with E-state index in [0.29, 0.717) is 34.7 Å². The van der Waals surface area contributed by atoms with E-state index in [0.717, 1.165) is 36.8 Å². The van der Waals surface area contributed by atoms with Crippen LogP contribution in [0.5, 0.6) is 0 Å². The first-order valence-electron chi connectivity index (χ1n) is 12.0. The summed E-state index contributed by atoms with van der Waals surface area (Å²) in [5.41, 5.74) is 2.91. The molecule has 0 spiro atoms. The molecular formula is C26H26F2N6O2S2. The van der Waals surface area contributed by atoms with Gasteiger partial charge in [0.05, 0.1) is 11.4 Å². The number of nitrogens with one attached hydrogen (secondary N) is 4. The van der Waals surface area contributed by atoms with Crippen LogP contribution in [0.15, 0.2) is 59.3 Å². The number of rotatable bonds is 11. The van der Waals surface area contributed by atoms with Crippen LogP contribution in [0, 0.1) is 11.6 Å². The fraction of sp³-hybridized carbons (Fsp3) is 0.231. The maximum atomic E-state index is 13.1. The maximum absolute atomic E-state index is 13.1. The smallest absolute Gasteiger partial charge is 0.321 e. The van der Waals surface area contributed by atoms with Crippen molar-refractivity contribution < 1.29 is 18.4 Å². The topological polar surface area (TPSA) is 108 Å². The average Bonchev–Trinajstić information content (AvgIpc) is 3.56. The molecule has 0 bridgehead atoms. The van der Waals surface area contributed by atoms with Crippen LogP contribution in [0.4, 0.5) is 28.6 Å². The van der Waals surface area contributed by atoms with Gasteiger partial charge in [0.1, 0.15) is 11.6 Å². The average molecular weight is 557 g/mol. The van der Waals surface area contributed by atoms with Gasteiger partial charge in [-0.15, -0.1) is 22.7 Å². The summed E-state index contributed by atoms with van der Waals surface area (Å²) in [6.07, 6.45) is 3.43. The Morgan fingerprint density at radius 3 is 1.42 bits per heavy atom. The van der Waals surface area contributed by atoms with Gasteiger partial charge in [-0.3, -0.25) is 10.6 Å². The number of urea groups is 2. The number of nitrogens with zero attached hydrogens (tertiary/aromatic N) is 2. The summed E-state index contributed by atoms with van der Waals surface area (Å²) in [6.45, 7) is 1.05. The first-order valence-corrected chi connectivity index (χ1v) is 13.7. The first-order chi connectivity index (χ1) is 18.5. The zero-order valence-corrected chi connectivity index (χ0v) is 21.9. The van der Waals surface area contributed by atoms with Gasteiger partial charge in [-0.2, -0.15) is 0 Å². The van der Waals surface area contributed by atoms with E-state index >= 15 is 0 Å². The van der Waals surface area contributed by atoms with Gasteiger partial charge in [-0.25, -0.2) is 28.3 Å². The minimum absolute atomic E-state index is 0.311. The van der Waals surface area contributed by atoms with Crippen molar-refractivity contribution >= 4 is 45.0 Å². The molecule has 4 rings (SSSR count). The Morgan fingerprint density at radius 1 is 0.632 bits per heavy atom. The van der Waals surface area contributed by atoms with Gasteiger partial charge in [0.2, 0.25) is 0 Å². The van der Waals surface area contributed by atoms with Gasteiger partial charge in [0.15, 0.2) is 10.3 Å². The highest BCUT2D eigenvalue weighted by Gasteiger charge is 2.09. The predicted octanol–water partition coefficient (Wildman–Crippen LogP) is 6.72. The Bertz CT molecular complexity index is 1240. The molecule has 0 radical (unpaired) electrons. The van der Waals surface area contributed by atoms with Crippen LogP contribution in [0.3, 0.4) is 0 Å². The molecule has 4 N–H and O–H groups in total. The molecule has 38 heavy (non-hydrogen) atoms. The number of carbonyl (C=O) groups excluding carboxylic acids is 2. The summed E-state index contributed by atoms with van der Waals surface area (Å²) in [5, 5.41) is 15.6. The van der Waals surface area contributed by atoms with Crippen molar-refractivity contribution in [1.82, 2.24) is 20.6 Å². The number of unbranched alkanes of at least 4 members (excludes halogenated alkanes) is 3. The van der Waals surface area contributed by atoms with Crippen molar-refractivity contribution in [3.63, 3.8) is 0 Å². The number of benzene rings is 2. The molecular weight excluding hydrogens is 530 g/mol. The number of thiazole rings is 2. The van der Waals surface area contributed by atoms with E-state index in [4.69, 9.17) is 0 Å². The van der Waals surface area contributed by atoms with Crippen molar-refractivity contribution in [2.24, 2.45) is 0 Å². The minimum Gasteiger partial charge on any atom is -0.338 e. The number of halogens is 2. The van der Waals surface area contributed by atoms with Gasteiger partial charge in [0, 0.05) is 35.0 Å². The molecule has 8 nitrogen and oxygen atoms in total. The standard InChI is InChI=1S/C26H26F2N6O2S2/c27-19-9-5-17(6-10-19)21-15-37-25(31-21)33-23(35)29-13-3-1-2-4-14-30-24(36)34-26-32-22(16-38-26)18-7-11-20(28)12-8-18/h5-12,15-16H,1-4,13-14H2,(H2,29,31,33,35)(H2,30,32,34,36). The second kappa shape index (κ2) is 13.6. The molecule has 12 heteroatoms. The predicted molar refractivity (Wildman–Crippen MR) is 148 cm³/mol. The molecule has 0 atom stereocenters. The molecule has 198 valence electrons. The zero-order chi connectivity index (χ0) is 26.7. The van der Waals surface area contributed by atoms with E-state index in [9.17, 15) is 18.4 Å². The van der Waals surface area contributed by atoms with Crippen LogP contribution in [-0.2, 0) is 0 Å². The molecule has 2 heterocycles. The van der Waals surface area contributed by atoms with E-state index in [1.807, 2.05) is 0 Å². The summed E-state index contributed by atoms with van der Waals surface area (Å²) in [7, 11) is 0. The second-order valence-electron chi connectivity index (χ2n) is 8.27. The third kappa shape index (κ3) is 8.32. The monoisotopic (exact) mass is 556 g/mol. The summed E-state index contributed by atoms with van der Waals surface area (Å²) < 4.78 is 26.1. The van der Waals surface area contributed by atoms with E-state index < -0.39 is 0 Å². The molecule has 0 fully saturated rings. The molecule has 2 aromatic carbocycles. The van der Waals surface area contributed by atoms with Gasteiger partial charge in [-0.1, -0.05) is 12.8 Å². The number of hydrogen-bond donors (Lipinski definition) is 4. The SMILES string of the molecule is O=C(NCCCCCCNC(=O)Nc1nc(-c2ccc(F)cc2)cs1)Nc1nc(-c2ccc(F)cc2)cs1. The molecule has 0 saturated carbocycles. The molecule has 4 aromatic rings. The van der Waals surface area contributed by atoms with Crippen LogP contribution in [-0.4, -0.2) is 35.1 Å². The van der Waals surface area contributed by atoms with E-state index in [2.05, 4.69) is 31.2 Å². The number of hydrogen-bond acceptors (Lipinski definition) is 6.